The average molecular weight is 402 g/mol. The van der Waals surface area contributed by atoms with E-state index in [4.69, 9.17) is 15.4 Å². The fourth-order valence-electron chi connectivity index (χ4n) is 2.06. The van der Waals surface area contributed by atoms with Crippen molar-refractivity contribution in [1.29, 1.82) is 0 Å². The van der Waals surface area contributed by atoms with E-state index in [0.717, 1.165) is 4.57 Å². The number of rotatable bonds is 6. The van der Waals surface area contributed by atoms with Crippen LogP contribution in [0.25, 0.3) is 0 Å². The van der Waals surface area contributed by atoms with Gasteiger partial charge < -0.3 is 30.5 Å². The Balaban J connectivity index is 2.08. The molecule has 1 aromatic heterocycles. The Morgan fingerprint density at radius 2 is 1.96 bits per heavy atom. The van der Waals surface area contributed by atoms with Gasteiger partial charge in [-0.15, -0.1) is 0 Å². The standard InChI is InChI=1S/C9H16N4O10P2/c10-5-1-2-13(9(16)12-5)8-7(15)6(14)4(22-8)3-21-25(19,20)23-24(11,17)18/h1-2,4,6-8,14-15H,3H2,(H,19,20)(H2,10,12,16)(H3,11,17,18)/t4-,6-,7-,8-/m1/s1. The molecule has 1 fully saturated rings. The van der Waals surface area contributed by atoms with E-state index in [0.29, 0.717) is 0 Å². The number of nitrogen functional groups attached to an aromatic ring is 1. The van der Waals surface area contributed by atoms with Gasteiger partial charge in [0.2, 0.25) is 0 Å². The van der Waals surface area contributed by atoms with Crippen molar-refractivity contribution in [3.63, 3.8) is 0 Å². The highest BCUT2D eigenvalue weighted by Gasteiger charge is 2.45. The molecule has 0 bridgehead atoms. The molecule has 0 spiro atoms. The van der Waals surface area contributed by atoms with E-state index in [1.165, 1.54) is 12.3 Å². The highest BCUT2D eigenvalue weighted by atomic mass is 31.3. The summed E-state index contributed by atoms with van der Waals surface area (Å²) in [7, 11) is -9.83. The van der Waals surface area contributed by atoms with Crippen molar-refractivity contribution in [2.45, 2.75) is 24.5 Å². The summed E-state index contributed by atoms with van der Waals surface area (Å²) < 4.78 is 36.5. The first-order valence-electron chi connectivity index (χ1n) is 6.56. The molecule has 1 aliphatic rings. The molecule has 14 nitrogen and oxygen atoms in total. The first kappa shape index (κ1) is 20.1. The second-order valence-electron chi connectivity index (χ2n) is 5.00. The van der Waals surface area contributed by atoms with Gasteiger partial charge >= 0.3 is 21.3 Å². The van der Waals surface area contributed by atoms with Crippen LogP contribution >= 0.6 is 15.6 Å². The number of aromatic nitrogens is 2. The Labute approximate surface area is 139 Å². The molecule has 0 saturated carbocycles. The molecule has 16 heteroatoms. The molecule has 1 saturated heterocycles. The van der Waals surface area contributed by atoms with Crippen molar-refractivity contribution in [2.24, 2.45) is 5.50 Å². The smallest absolute Gasteiger partial charge is 0.387 e. The molecule has 25 heavy (non-hydrogen) atoms. The maximum absolute atomic E-state index is 11.8. The van der Waals surface area contributed by atoms with E-state index in [2.05, 4.69) is 19.3 Å². The van der Waals surface area contributed by atoms with E-state index >= 15 is 0 Å². The molecule has 2 rings (SSSR count). The summed E-state index contributed by atoms with van der Waals surface area (Å²) in [5.41, 5.74) is 9.06. The van der Waals surface area contributed by atoms with Crippen LogP contribution in [0.5, 0.6) is 0 Å². The quantitative estimate of drug-likeness (QED) is 0.274. The van der Waals surface area contributed by atoms with Gasteiger partial charge in [0.05, 0.1) is 6.61 Å². The van der Waals surface area contributed by atoms with Crippen LogP contribution in [0, 0.1) is 0 Å². The van der Waals surface area contributed by atoms with Crippen molar-refractivity contribution in [3.8, 4) is 0 Å². The van der Waals surface area contributed by atoms with Crippen molar-refractivity contribution in [3.05, 3.63) is 22.7 Å². The number of phosphoric acid groups is 1. The normalized spacial score (nSPS) is 31.4. The van der Waals surface area contributed by atoms with Gasteiger partial charge in [-0.25, -0.2) is 19.4 Å². The van der Waals surface area contributed by atoms with E-state index in [1.54, 1.807) is 0 Å². The van der Waals surface area contributed by atoms with Gasteiger partial charge in [-0.3, -0.25) is 9.09 Å². The Kier molecular flexibility index (Phi) is 5.81. The molecule has 142 valence electrons. The van der Waals surface area contributed by atoms with Crippen LogP contribution in [0.4, 0.5) is 5.82 Å². The fourth-order valence-corrected chi connectivity index (χ4v) is 3.76. The molecule has 0 aromatic carbocycles. The first-order valence-corrected chi connectivity index (χ1v) is 9.70. The lowest BCUT2D eigenvalue weighted by atomic mass is 10.1. The van der Waals surface area contributed by atoms with Crippen LogP contribution in [0.2, 0.25) is 0 Å². The van der Waals surface area contributed by atoms with Gasteiger partial charge in [0.25, 0.3) is 0 Å². The SMILES string of the molecule is Nc1ccn([C@@H]2O[C@H](COP(=O)(O)OP(N)(=O)O)[C@@H](O)[C@H]2O)c(=O)n1. The van der Waals surface area contributed by atoms with Crippen molar-refractivity contribution >= 4 is 21.4 Å². The van der Waals surface area contributed by atoms with Gasteiger partial charge in [0.1, 0.15) is 24.1 Å². The topological polar surface area (TPSA) is 230 Å². The number of nitrogens with zero attached hydrogens (tertiary/aromatic N) is 2. The number of hydrogen-bond donors (Lipinski definition) is 6. The van der Waals surface area contributed by atoms with Crippen LogP contribution in [-0.4, -0.2) is 54.5 Å². The maximum atomic E-state index is 11.8. The maximum Gasteiger partial charge on any atom is 0.480 e. The fraction of sp³-hybridized carbons (Fsp3) is 0.556. The minimum atomic E-state index is -5.03. The minimum Gasteiger partial charge on any atom is -0.387 e. The second-order valence-corrected chi connectivity index (χ2v) is 7.98. The van der Waals surface area contributed by atoms with Gasteiger partial charge in [0, 0.05) is 6.20 Å². The van der Waals surface area contributed by atoms with Gasteiger partial charge in [-0.2, -0.15) is 9.29 Å². The van der Waals surface area contributed by atoms with E-state index in [1.807, 2.05) is 0 Å². The Morgan fingerprint density at radius 1 is 1.32 bits per heavy atom. The molecular formula is C9H16N4O10P2. The number of aliphatic hydroxyl groups is 2. The van der Waals surface area contributed by atoms with Gasteiger partial charge in [-0.05, 0) is 6.07 Å². The van der Waals surface area contributed by atoms with E-state index in [-0.39, 0.29) is 5.82 Å². The summed E-state index contributed by atoms with van der Waals surface area (Å²) in [6.07, 6.45) is -4.79. The van der Waals surface area contributed by atoms with Crippen LogP contribution in [0.1, 0.15) is 6.23 Å². The monoisotopic (exact) mass is 402 g/mol. The number of anilines is 1. The largest absolute Gasteiger partial charge is 0.480 e. The summed E-state index contributed by atoms with van der Waals surface area (Å²) >= 11 is 0. The average Bonchev–Trinajstić information content (AvgIpc) is 2.71. The van der Waals surface area contributed by atoms with E-state index in [9.17, 15) is 29.0 Å². The lowest BCUT2D eigenvalue weighted by Gasteiger charge is -2.18. The number of ether oxygens (including phenoxy) is 1. The molecule has 0 amide bonds. The molecule has 0 aliphatic carbocycles. The number of hydrogen-bond acceptors (Lipinski definition) is 10. The molecule has 1 aromatic rings. The van der Waals surface area contributed by atoms with Crippen molar-refractivity contribution < 1.29 is 42.7 Å². The summed E-state index contributed by atoms with van der Waals surface area (Å²) in [6.45, 7) is -0.820. The lowest BCUT2D eigenvalue weighted by molar-refractivity contribution is -0.0540. The van der Waals surface area contributed by atoms with Crippen LogP contribution in [0.15, 0.2) is 17.1 Å². The first-order chi connectivity index (χ1) is 11.4. The molecule has 2 heterocycles. The summed E-state index contributed by atoms with van der Waals surface area (Å²) in [4.78, 5) is 33.1. The van der Waals surface area contributed by atoms with Gasteiger partial charge in [0.15, 0.2) is 6.23 Å². The summed E-state index contributed by atoms with van der Waals surface area (Å²) in [5.74, 6) is -0.0669. The summed E-state index contributed by atoms with van der Waals surface area (Å²) in [5, 5.41) is 19.9. The van der Waals surface area contributed by atoms with Crippen molar-refractivity contribution in [1.82, 2.24) is 9.55 Å². The Morgan fingerprint density at radius 3 is 2.52 bits per heavy atom. The van der Waals surface area contributed by atoms with Crippen LogP contribution in [-0.2, 0) is 22.7 Å². The summed E-state index contributed by atoms with van der Waals surface area (Å²) in [6, 6.07) is 1.25. The second kappa shape index (κ2) is 7.21. The third kappa shape index (κ3) is 5.15. The molecule has 1 aliphatic heterocycles. The molecule has 8 N–H and O–H groups in total. The zero-order valence-electron chi connectivity index (χ0n) is 12.4. The predicted molar refractivity (Wildman–Crippen MR) is 79.7 cm³/mol. The van der Waals surface area contributed by atoms with Crippen LogP contribution in [0.3, 0.4) is 0 Å². The van der Waals surface area contributed by atoms with Crippen LogP contribution < -0.4 is 16.9 Å². The third-order valence-electron chi connectivity index (χ3n) is 3.09. The lowest BCUT2D eigenvalue weighted by Crippen LogP contribution is -2.36. The Bertz CT molecular complexity index is 780. The molecule has 2 unspecified atom stereocenters. The van der Waals surface area contributed by atoms with Gasteiger partial charge in [-0.1, -0.05) is 0 Å². The third-order valence-corrected chi connectivity index (χ3v) is 5.32. The highest BCUT2D eigenvalue weighted by Crippen LogP contribution is 2.56. The zero-order chi connectivity index (χ0) is 19.0. The Hall–Kier alpha value is -1.18. The molecule has 6 atom stereocenters. The highest BCUT2D eigenvalue weighted by molar-refractivity contribution is 7.62. The van der Waals surface area contributed by atoms with Crippen molar-refractivity contribution in [2.75, 3.05) is 12.3 Å². The number of phosphoric ester groups is 1. The molecule has 0 radical (unpaired) electrons. The zero-order valence-corrected chi connectivity index (χ0v) is 14.1. The molecular weight excluding hydrogens is 386 g/mol. The number of aliphatic hydroxyl groups excluding tert-OH is 2. The predicted octanol–water partition coefficient (Wildman–Crippen LogP) is -2.36. The minimum absolute atomic E-state index is 0.0669. The van der Waals surface area contributed by atoms with E-state index < -0.39 is 52.4 Å². The number of nitrogens with two attached hydrogens (primary N) is 2.